The number of halogens is 1. The molecule has 1 radical (unpaired) electrons. The molecule has 5 nitrogen and oxygen atoms in total. The Morgan fingerprint density at radius 1 is 1.60 bits per heavy atom. The SMILES string of the molecule is COc1[c]ccc2c(=O)c(C(=O)O)cn([C@@H]3C[C@@H]3F)c12. The van der Waals surface area contributed by atoms with E-state index in [4.69, 9.17) is 9.84 Å². The maximum atomic E-state index is 13.4. The first kappa shape index (κ1) is 12.7. The minimum atomic E-state index is -1.33. The molecule has 20 heavy (non-hydrogen) atoms. The van der Waals surface area contributed by atoms with Gasteiger partial charge >= 0.3 is 5.97 Å². The molecule has 0 spiro atoms. The van der Waals surface area contributed by atoms with Crippen molar-refractivity contribution in [1.29, 1.82) is 0 Å². The number of ether oxygens (including phenoxy) is 1. The lowest BCUT2D eigenvalue weighted by molar-refractivity contribution is 0.0694. The lowest BCUT2D eigenvalue weighted by atomic mass is 10.1. The average Bonchev–Trinajstić information content (AvgIpc) is 3.15. The fourth-order valence-corrected chi connectivity index (χ4v) is 2.33. The highest BCUT2D eigenvalue weighted by atomic mass is 19.1. The molecule has 0 unspecified atom stereocenters. The van der Waals surface area contributed by atoms with Crippen LogP contribution in [0.25, 0.3) is 10.9 Å². The zero-order valence-electron chi connectivity index (χ0n) is 10.6. The number of carboxylic acids is 1. The van der Waals surface area contributed by atoms with Crippen LogP contribution in [0.15, 0.2) is 23.1 Å². The zero-order chi connectivity index (χ0) is 14.4. The van der Waals surface area contributed by atoms with Gasteiger partial charge in [-0.15, -0.1) is 0 Å². The summed E-state index contributed by atoms with van der Waals surface area (Å²) >= 11 is 0. The Labute approximate surface area is 113 Å². The average molecular weight is 276 g/mol. The van der Waals surface area contributed by atoms with Gasteiger partial charge in [0.15, 0.2) is 5.75 Å². The number of nitrogens with zero attached hydrogens (tertiary/aromatic N) is 1. The van der Waals surface area contributed by atoms with E-state index in [1.807, 2.05) is 0 Å². The van der Waals surface area contributed by atoms with Crippen molar-refractivity contribution in [2.75, 3.05) is 7.11 Å². The number of aromatic nitrogens is 1. The second-order valence-electron chi connectivity index (χ2n) is 4.68. The van der Waals surface area contributed by atoms with Crippen LogP contribution in [0.4, 0.5) is 4.39 Å². The van der Waals surface area contributed by atoms with E-state index in [0.29, 0.717) is 17.7 Å². The number of benzene rings is 1. The lowest BCUT2D eigenvalue weighted by Crippen LogP contribution is -2.19. The van der Waals surface area contributed by atoms with Gasteiger partial charge in [-0.1, -0.05) is 0 Å². The van der Waals surface area contributed by atoms with Gasteiger partial charge in [0, 0.05) is 18.7 Å². The number of rotatable bonds is 3. The van der Waals surface area contributed by atoms with Crippen molar-refractivity contribution < 1.29 is 19.0 Å². The topological polar surface area (TPSA) is 68.5 Å². The molecule has 2 aromatic rings. The van der Waals surface area contributed by atoms with Crippen LogP contribution in [0, 0.1) is 6.07 Å². The van der Waals surface area contributed by atoms with Crippen LogP contribution >= 0.6 is 0 Å². The van der Waals surface area contributed by atoms with Crippen molar-refractivity contribution in [3.8, 4) is 5.75 Å². The molecule has 0 amide bonds. The van der Waals surface area contributed by atoms with Gasteiger partial charge in [0.05, 0.1) is 24.1 Å². The van der Waals surface area contributed by atoms with Crippen molar-refractivity contribution in [2.45, 2.75) is 18.6 Å². The van der Waals surface area contributed by atoms with E-state index in [2.05, 4.69) is 6.07 Å². The van der Waals surface area contributed by atoms with E-state index in [9.17, 15) is 14.0 Å². The van der Waals surface area contributed by atoms with E-state index in [-0.39, 0.29) is 10.9 Å². The molecule has 1 saturated carbocycles. The Hall–Kier alpha value is -2.37. The largest absolute Gasteiger partial charge is 0.494 e. The van der Waals surface area contributed by atoms with Gasteiger partial charge in [0.2, 0.25) is 5.43 Å². The van der Waals surface area contributed by atoms with Crippen LogP contribution in [0.5, 0.6) is 5.75 Å². The fraction of sp³-hybridized carbons (Fsp3) is 0.286. The highest BCUT2D eigenvalue weighted by molar-refractivity contribution is 5.94. The lowest BCUT2D eigenvalue weighted by Gasteiger charge is -2.14. The normalized spacial score (nSPS) is 20.9. The number of hydrogen-bond donors (Lipinski definition) is 1. The molecule has 1 aliphatic rings. The van der Waals surface area contributed by atoms with Crippen LogP contribution in [0.3, 0.4) is 0 Å². The van der Waals surface area contributed by atoms with Gasteiger partial charge in [-0.25, -0.2) is 9.18 Å². The molecule has 1 heterocycles. The number of fused-ring (bicyclic) bond motifs is 1. The monoisotopic (exact) mass is 276 g/mol. The summed E-state index contributed by atoms with van der Waals surface area (Å²) in [4.78, 5) is 23.3. The first-order chi connectivity index (χ1) is 9.54. The summed E-state index contributed by atoms with van der Waals surface area (Å²) in [7, 11) is 1.42. The van der Waals surface area contributed by atoms with Gasteiger partial charge in [-0.05, 0) is 12.1 Å². The molecular formula is C14H11FNO4. The second kappa shape index (κ2) is 4.33. The maximum Gasteiger partial charge on any atom is 0.341 e. The van der Waals surface area contributed by atoms with Crippen molar-refractivity contribution >= 4 is 16.9 Å². The quantitative estimate of drug-likeness (QED) is 0.928. The molecule has 3 rings (SSSR count). The van der Waals surface area contributed by atoms with Crippen LogP contribution in [0.2, 0.25) is 0 Å². The Balaban J connectivity index is 2.42. The third-order valence-electron chi connectivity index (χ3n) is 3.42. The fourth-order valence-electron chi connectivity index (χ4n) is 2.33. The number of pyridine rings is 1. The maximum absolute atomic E-state index is 13.4. The molecule has 1 aromatic carbocycles. The molecule has 0 bridgehead atoms. The summed E-state index contributed by atoms with van der Waals surface area (Å²) in [6.07, 6.45) is 0.454. The molecule has 103 valence electrons. The van der Waals surface area contributed by atoms with Crippen molar-refractivity contribution in [3.63, 3.8) is 0 Å². The van der Waals surface area contributed by atoms with Crippen LogP contribution < -0.4 is 10.2 Å². The van der Waals surface area contributed by atoms with Gasteiger partial charge < -0.3 is 14.4 Å². The Morgan fingerprint density at radius 3 is 2.85 bits per heavy atom. The minimum Gasteiger partial charge on any atom is -0.494 e. The second-order valence-corrected chi connectivity index (χ2v) is 4.68. The summed E-state index contributed by atoms with van der Waals surface area (Å²) in [5.74, 6) is -1.02. The van der Waals surface area contributed by atoms with Gasteiger partial charge in [-0.2, -0.15) is 0 Å². The summed E-state index contributed by atoms with van der Waals surface area (Å²) in [5, 5.41) is 9.29. The summed E-state index contributed by atoms with van der Waals surface area (Å²) in [6, 6.07) is 5.32. The number of carbonyl (C=O) groups is 1. The number of alkyl halides is 1. The highest BCUT2D eigenvalue weighted by Crippen LogP contribution is 2.41. The number of hydrogen-bond acceptors (Lipinski definition) is 3. The molecule has 1 N–H and O–H groups in total. The first-order valence-electron chi connectivity index (χ1n) is 6.05. The first-order valence-corrected chi connectivity index (χ1v) is 6.05. The standard InChI is InChI=1S/C14H11FNO4/c1-20-11-4-2-3-7-12(11)16(10-5-9(10)15)6-8(13(7)17)14(18)19/h2-3,6,9-10H,5H2,1H3,(H,18,19)/t9-,10+/m0/s1. The number of carboxylic acid groups (broad SMARTS) is 1. The third-order valence-corrected chi connectivity index (χ3v) is 3.42. The highest BCUT2D eigenvalue weighted by Gasteiger charge is 2.40. The number of methoxy groups -OCH3 is 1. The van der Waals surface area contributed by atoms with Crippen molar-refractivity contribution in [1.82, 2.24) is 4.57 Å². The van der Waals surface area contributed by atoms with E-state index in [0.717, 1.165) is 0 Å². The zero-order valence-corrected chi connectivity index (χ0v) is 10.6. The predicted molar refractivity (Wildman–Crippen MR) is 69.1 cm³/mol. The van der Waals surface area contributed by atoms with E-state index in [1.54, 1.807) is 0 Å². The van der Waals surface area contributed by atoms with Crippen LogP contribution in [-0.4, -0.2) is 28.9 Å². The number of aromatic carboxylic acids is 1. The smallest absolute Gasteiger partial charge is 0.341 e. The molecular weight excluding hydrogens is 265 g/mol. The Morgan fingerprint density at radius 2 is 2.30 bits per heavy atom. The predicted octanol–water partition coefficient (Wildman–Crippen LogP) is 1.79. The van der Waals surface area contributed by atoms with Gasteiger partial charge in [0.25, 0.3) is 0 Å². The van der Waals surface area contributed by atoms with Crippen molar-refractivity contribution in [3.05, 3.63) is 40.2 Å². The molecule has 6 heteroatoms. The third kappa shape index (κ3) is 1.76. The molecule has 0 aliphatic heterocycles. The van der Waals surface area contributed by atoms with Crippen LogP contribution in [-0.2, 0) is 0 Å². The Bertz CT molecular complexity index is 768. The summed E-state index contributed by atoms with van der Waals surface area (Å²) in [6.45, 7) is 0. The molecule has 2 atom stereocenters. The minimum absolute atomic E-state index is 0.194. The van der Waals surface area contributed by atoms with Gasteiger partial charge in [-0.3, -0.25) is 4.79 Å². The summed E-state index contributed by atoms with van der Waals surface area (Å²) < 4.78 is 20.0. The van der Waals surface area contributed by atoms with E-state index >= 15 is 0 Å². The van der Waals surface area contributed by atoms with Crippen molar-refractivity contribution in [2.24, 2.45) is 0 Å². The van der Waals surface area contributed by atoms with Gasteiger partial charge in [0.1, 0.15) is 11.7 Å². The Kier molecular flexibility index (Phi) is 2.74. The molecule has 1 aliphatic carbocycles. The summed E-state index contributed by atoms with van der Waals surface area (Å²) in [5.41, 5.74) is -0.591. The molecule has 1 aromatic heterocycles. The molecule has 1 fully saturated rings. The van der Waals surface area contributed by atoms with E-state index in [1.165, 1.54) is 30.0 Å². The van der Waals surface area contributed by atoms with Crippen LogP contribution in [0.1, 0.15) is 22.8 Å². The molecule has 0 saturated heterocycles. The van der Waals surface area contributed by atoms with E-state index < -0.39 is 23.6 Å².